The largest absolute Gasteiger partial charge is 0.508 e. The van der Waals surface area contributed by atoms with E-state index in [-0.39, 0.29) is 28.8 Å². The number of amides is 1. The lowest BCUT2D eigenvalue weighted by molar-refractivity contribution is -0.132. The number of hydrogen-bond acceptors (Lipinski definition) is 10. The van der Waals surface area contributed by atoms with Crippen molar-refractivity contribution in [3.63, 3.8) is 0 Å². The average Bonchev–Trinajstić information content (AvgIpc) is 3.34. The molecule has 1 heterocycles. The first-order valence-electron chi connectivity index (χ1n) is 13.0. The van der Waals surface area contributed by atoms with Gasteiger partial charge in [-0.15, -0.1) is 0 Å². The quantitative estimate of drug-likeness (QED) is 0.266. The predicted molar refractivity (Wildman–Crippen MR) is 151 cm³/mol. The zero-order chi connectivity index (χ0) is 30.4. The number of nitrogens with zero attached hydrogens (tertiary/aromatic N) is 3. The second kappa shape index (κ2) is 9.10. The Morgan fingerprint density at radius 3 is 2.48 bits per heavy atom. The Bertz CT molecular complexity index is 1910. The normalized spacial score (nSPS) is 22.2. The van der Waals surface area contributed by atoms with Crippen molar-refractivity contribution < 1.29 is 38.5 Å². The van der Waals surface area contributed by atoms with Crippen LogP contribution in [0.1, 0.15) is 15.9 Å². The maximum absolute atomic E-state index is 14.1. The number of primary amides is 1. The molecule has 4 aromatic rings. The van der Waals surface area contributed by atoms with Crippen molar-refractivity contribution >= 4 is 45.0 Å². The Hall–Kier alpha value is -4.81. The number of phenolic OH excluding ortho intramolecular Hbond substituents is 1. The van der Waals surface area contributed by atoms with Crippen LogP contribution in [0.5, 0.6) is 5.75 Å². The Labute approximate surface area is 238 Å². The number of ketones is 2. The van der Waals surface area contributed by atoms with Crippen molar-refractivity contribution in [2.45, 2.75) is 18.1 Å². The van der Waals surface area contributed by atoms with Gasteiger partial charge in [0.15, 0.2) is 17.0 Å². The number of aromatic hydroxyl groups is 1. The van der Waals surface area contributed by atoms with E-state index in [0.717, 1.165) is 0 Å². The van der Waals surface area contributed by atoms with Gasteiger partial charge in [0.05, 0.1) is 17.0 Å². The maximum atomic E-state index is 14.1. The number of fused-ring (bicyclic) bond motifs is 5. The Kier molecular flexibility index (Phi) is 5.93. The molecule has 12 heteroatoms. The molecule has 0 spiro atoms. The molecule has 0 saturated carbocycles. The van der Waals surface area contributed by atoms with Gasteiger partial charge in [-0.1, -0.05) is 6.07 Å². The van der Waals surface area contributed by atoms with Gasteiger partial charge in [0, 0.05) is 36.7 Å². The number of halogens is 1. The minimum Gasteiger partial charge on any atom is -0.508 e. The van der Waals surface area contributed by atoms with Crippen LogP contribution >= 0.6 is 0 Å². The highest BCUT2D eigenvalue weighted by Crippen LogP contribution is 2.50. The van der Waals surface area contributed by atoms with E-state index in [4.69, 9.17) is 10.2 Å². The van der Waals surface area contributed by atoms with E-state index in [9.17, 15) is 34.1 Å². The number of likely N-dealkylation sites (N-methyl/N-ethyl adjacent to an activating group) is 1. The lowest BCUT2D eigenvalue weighted by Crippen LogP contribution is -2.64. The molecule has 3 atom stereocenters. The third-order valence-corrected chi connectivity index (χ3v) is 8.21. The highest BCUT2D eigenvalue weighted by molar-refractivity contribution is 6.25. The minimum absolute atomic E-state index is 0.0788. The van der Waals surface area contributed by atoms with E-state index in [1.165, 1.54) is 23.1 Å². The topological polar surface area (TPSA) is 170 Å². The third kappa shape index (κ3) is 3.58. The number of phenols is 1. The second-order valence-corrected chi connectivity index (χ2v) is 11.1. The van der Waals surface area contributed by atoms with Crippen LogP contribution in [0.15, 0.2) is 52.1 Å². The van der Waals surface area contributed by atoms with Crippen LogP contribution in [-0.4, -0.2) is 82.5 Å². The number of carbonyl (C=O) groups excluding carboxylic acids is 3. The molecule has 2 aliphatic rings. The number of aromatic nitrogens is 1. The summed E-state index contributed by atoms with van der Waals surface area (Å²) in [6.45, 7) is 0. The van der Waals surface area contributed by atoms with Gasteiger partial charge in [0.1, 0.15) is 28.4 Å². The van der Waals surface area contributed by atoms with Gasteiger partial charge >= 0.3 is 0 Å². The van der Waals surface area contributed by atoms with E-state index in [1.54, 1.807) is 51.3 Å². The van der Waals surface area contributed by atoms with Crippen LogP contribution in [0.25, 0.3) is 33.3 Å². The van der Waals surface area contributed by atoms with E-state index in [2.05, 4.69) is 4.98 Å². The molecule has 1 amide bonds. The van der Waals surface area contributed by atoms with E-state index >= 15 is 0 Å². The summed E-state index contributed by atoms with van der Waals surface area (Å²) in [5.41, 5.74) is 3.21. The van der Waals surface area contributed by atoms with Crippen LogP contribution in [0.2, 0.25) is 0 Å². The van der Waals surface area contributed by atoms with Crippen LogP contribution < -0.4 is 10.6 Å². The molecule has 0 unspecified atom stereocenters. The molecule has 2 aliphatic carbocycles. The van der Waals surface area contributed by atoms with Crippen molar-refractivity contribution in [2.24, 2.45) is 11.7 Å². The molecule has 0 radical (unpaired) electrons. The molecule has 216 valence electrons. The van der Waals surface area contributed by atoms with E-state index in [0.29, 0.717) is 27.7 Å². The van der Waals surface area contributed by atoms with Crippen LogP contribution in [-0.2, 0) is 16.0 Å². The fraction of sp³-hybridized carbons (Fsp3) is 0.267. The fourth-order valence-electron chi connectivity index (χ4n) is 6.34. The van der Waals surface area contributed by atoms with Crippen molar-refractivity contribution in [3.8, 4) is 17.2 Å². The number of aliphatic hydroxyl groups is 2. The molecule has 1 aromatic heterocycles. The molecule has 0 aliphatic heterocycles. The number of carbonyl (C=O) groups is 3. The van der Waals surface area contributed by atoms with Gasteiger partial charge in [0.25, 0.3) is 5.91 Å². The van der Waals surface area contributed by atoms with Gasteiger partial charge in [-0.25, -0.2) is 9.37 Å². The van der Waals surface area contributed by atoms with Crippen molar-refractivity contribution in [3.05, 3.63) is 64.7 Å². The van der Waals surface area contributed by atoms with Gasteiger partial charge < -0.3 is 30.4 Å². The van der Waals surface area contributed by atoms with Crippen molar-refractivity contribution in [2.75, 3.05) is 33.1 Å². The summed E-state index contributed by atoms with van der Waals surface area (Å²) in [7, 11) is 6.65. The number of oxazole rings is 1. The monoisotopic (exact) mass is 574 g/mol. The summed E-state index contributed by atoms with van der Waals surface area (Å²) < 4.78 is 20.0. The van der Waals surface area contributed by atoms with Crippen LogP contribution in [0, 0.1) is 11.7 Å². The summed E-state index contributed by atoms with van der Waals surface area (Å²) >= 11 is 0. The first-order valence-corrected chi connectivity index (χ1v) is 13.0. The predicted octanol–water partition coefficient (Wildman–Crippen LogP) is 2.46. The highest BCUT2D eigenvalue weighted by Gasteiger charge is 2.62. The number of hydrogen-bond donors (Lipinski definition) is 4. The van der Waals surface area contributed by atoms with Crippen molar-refractivity contribution in [1.29, 1.82) is 0 Å². The molecular weight excluding hydrogens is 547 g/mol. The van der Waals surface area contributed by atoms with Gasteiger partial charge in [-0.05, 0) is 56.4 Å². The zero-order valence-electron chi connectivity index (χ0n) is 23.1. The Morgan fingerprint density at radius 1 is 1.14 bits per heavy atom. The maximum Gasteiger partial charge on any atom is 0.255 e. The van der Waals surface area contributed by atoms with E-state index in [1.807, 2.05) is 0 Å². The Balaban J connectivity index is 1.67. The fourth-order valence-corrected chi connectivity index (χ4v) is 6.34. The summed E-state index contributed by atoms with van der Waals surface area (Å²) in [4.78, 5) is 47.3. The molecule has 11 nitrogen and oxygen atoms in total. The van der Waals surface area contributed by atoms with Gasteiger partial charge in [-0.3, -0.25) is 19.3 Å². The highest BCUT2D eigenvalue weighted by atomic mass is 19.1. The lowest BCUT2D eigenvalue weighted by Gasteiger charge is -2.47. The van der Waals surface area contributed by atoms with Crippen molar-refractivity contribution in [1.82, 2.24) is 9.88 Å². The standard InChI is InChI=1S/C30H27FN4O7/c1-34(2)18-11-17-25(42-29(33-17)12-6-5-7-14(31)8-12)20-15(18)9-13-10-16-22(35(3)4)24(37)21(28(32)40)27(39)30(16,41)26(38)19(13)23(20)36/h5-9,11,16,22,36,39,41H,10H2,1-4H3,(H2,32,40)/t16-,22-,30-/m0/s1. The molecule has 5 N–H and O–H groups in total. The first-order chi connectivity index (χ1) is 19.8. The van der Waals surface area contributed by atoms with E-state index < -0.39 is 57.9 Å². The molecule has 6 rings (SSSR count). The third-order valence-electron chi connectivity index (χ3n) is 8.21. The summed E-state index contributed by atoms with van der Waals surface area (Å²) in [5, 5.41) is 35.2. The molecule has 3 aromatic carbocycles. The van der Waals surface area contributed by atoms with Gasteiger partial charge in [0.2, 0.25) is 11.7 Å². The Morgan fingerprint density at radius 2 is 1.86 bits per heavy atom. The first kappa shape index (κ1) is 27.4. The number of benzene rings is 3. The smallest absolute Gasteiger partial charge is 0.255 e. The van der Waals surface area contributed by atoms with Crippen LogP contribution in [0.4, 0.5) is 10.1 Å². The summed E-state index contributed by atoms with van der Waals surface area (Å²) in [6, 6.07) is 7.86. The number of Topliss-reactive ketones (excluding diaryl/α,β-unsaturated/α-hetero) is 2. The van der Waals surface area contributed by atoms with Crippen LogP contribution in [0.3, 0.4) is 0 Å². The zero-order valence-corrected chi connectivity index (χ0v) is 23.1. The molecular formula is C30H27FN4O7. The van der Waals surface area contributed by atoms with Gasteiger partial charge in [-0.2, -0.15) is 0 Å². The number of rotatable bonds is 4. The minimum atomic E-state index is -2.72. The molecule has 0 fully saturated rings. The second-order valence-electron chi connectivity index (χ2n) is 11.1. The number of nitrogens with two attached hydrogens (primary N) is 1. The molecule has 0 bridgehead atoms. The molecule has 42 heavy (non-hydrogen) atoms. The molecule has 0 saturated heterocycles. The number of anilines is 1. The summed E-state index contributed by atoms with van der Waals surface area (Å²) in [5.74, 6) is -6.50. The lowest BCUT2D eigenvalue weighted by atomic mass is 9.62. The number of aliphatic hydroxyl groups excluding tert-OH is 1. The SMILES string of the molecule is CN(C)c1cc2nc(-c3cccc(F)c3)oc2c2c(O)c3c(cc12)C[C@H]1[C@H](N(C)C)C(=O)C(C(N)=O)=C(O)[C@@]1(O)C3=O. The average molecular weight is 575 g/mol. The summed E-state index contributed by atoms with van der Waals surface area (Å²) in [6.07, 6.45) is -0.110.